The fraction of sp³-hybridized carbons (Fsp3) is 0.762. The van der Waals surface area contributed by atoms with Crippen LogP contribution < -0.4 is 16.1 Å². The zero-order chi connectivity index (χ0) is 27.2. The Labute approximate surface area is 209 Å². The van der Waals surface area contributed by atoms with Crippen LogP contribution in [0, 0.1) is 23.2 Å². The predicted octanol–water partition coefficient (Wildman–Crippen LogP) is 0.457. The van der Waals surface area contributed by atoms with Crippen molar-refractivity contribution in [1.82, 2.24) is 26.0 Å². The van der Waals surface area contributed by atoms with Gasteiger partial charge in [-0.1, -0.05) is 32.4 Å². The number of halogens is 5. The SMILES string of the molecule is CC(C)(C)C(NC(=O)C(F)(F)F)C(=O)N1C[C@@H]2C[C@@H]2[C@H]1C(=O)NN(C[C@@H]1CCNC1=O)C(=O)C(F)Cl. The highest BCUT2D eigenvalue weighted by Gasteiger charge is 2.59. The Morgan fingerprint density at radius 3 is 2.36 bits per heavy atom. The third kappa shape index (κ3) is 6.01. The van der Waals surface area contributed by atoms with E-state index in [1.165, 1.54) is 20.8 Å². The summed E-state index contributed by atoms with van der Waals surface area (Å²) in [6.07, 6.45) is -4.31. The van der Waals surface area contributed by atoms with Crippen LogP contribution in [0.4, 0.5) is 17.6 Å². The summed E-state index contributed by atoms with van der Waals surface area (Å²) in [6, 6.07) is -2.77. The van der Waals surface area contributed by atoms with Gasteiger partial charge in [0.15, 0.2) is 0 Å². The Hall–Kier alpha value is -2.64. The molecule has 0 aromatic rings. The number of nitrogens with one attached hydrogen (secondary N) is 3. The number of piperidine rings is 1. The van der Waals surface area contributed by atoms with Crippen LogP contribution in [0.3, 0.4) is 0 Å². The van der Waals surface area contributed by atoms with Crippen molar-refractivity contribution < 1.29 is 41.5 Å². The molecule has 0 spiro atoms. The van der Waals surface area contributed by atoms with E-state index in [1.54, 1.807) is 5.32 Å². The lowest BCUT2D eigenvalue weighted by atomic mass is 9.85. The Morgan fingerprint density at radius 2 is 1.86 bits per heavy atom. The minimum absolute atomic E-state index is 0.0657. The smallest absolute Gasteiger partial charge is 0.356 e. The molecule has 2 unspecified atom stereocenters. The summed E-state index contributed by atoms with van der Waals surface area (Å²) in [4.78, 5) is 63.4. The molecule has 15 heteroatoms. The summed E-state index contributed by atoms with van der Waals surface area (Å²) in [7, 11) is 0. The molecule has 0 aromatic heterocycles. The van der Waals surface area contributed by atoms with Gasteiger partial charge in [-0.25, -0.2) is 9.40 Å². The summed E-state index contributed by atoms with van der Waals surface area (Å²) >= 11 is 5.27. The summed E-state index contributed by atoms with van der Waals surface area (Å²) in [5, 5.41) is 4.88. The maximum absolute atomic E-state index is 13.6. The van der Waals surface area contributed by atoms with Crippen molar-refractivity contribution in [1.29, 1.82) is 0 Å². The first-order chi connectivity index (χ1) is 16.5. The van der Waals surface area contributed by atoms with Gasteiger partial charge in [0, 0.05) is 13.1 Å². The van der Waals surface area contributed by atoms with Gasteiger partial charge in [0.05, 0.1) is 12.5 Å². The van der Waals surface area contributed by atoms with Gasteiger partial charge in [-0.15, -0.1) is 0 Å². The number of hydrazine groups is 1. The molecule has 3 fully saturated rings. The molecule has 202 valence electrons. The molecule has 1 aliphatic carbocycles. The molecule has 0 aromatic carbocycles. The van der Waals surface area contributed by atoms with Crippen LogP contribution in [0.15, 0.2) is 0 Å². The third-order valence-electron chi connectivity index (χ3n) is 6.61. The number of hydrogen-bond donors (Lipinski definition) is 3. The fourth-order valence-electron chi connectivity index (χ4n) is 4.60. The molecule has 2 heterocycles. The fourth-order valence-corrected chi connectivity index (χ4v) is 4.72. The first kappa shape index (κ1) is 27.9. The van der Waals surface area contributed by atoms with Crippen LogP contribution in [-0.2, 0) is 24.0 Å². The summed E-state index contributed by atoms with van der Waals surface area (Å²) in [6.45, 7) is 4.44. The van der Waals surface area contributed by atoms with E-state index in [1.807, 2.05) is 0 Å². The number of fused-ring (bicyclic) bond motifs is 1. The molecule has 2 saturated heterocycles. The summed E-state index contributed by atoms with van der Waals surface area (Å²) in [5.74, 6) is -6.87. The molecular formula is C21H28ClF4N5O5. The van der Waals surface area contributed by atoms with Crippen LogP contribution in [0.2, 0.25) is 0 Å². The standard InChI is InChI=1S/C21H28ClF4N5O5/c1-20(2,3)13(28-19(36)21(24,25)26)17(34)30-7-10-6-11(10)12(30)16(33)29-31(18(35)14(22)23)8-9-4-5-27-15(9)32/h9-14H,4-8H2,1-3H3,(H,27,32)(H,28,36)(H,29,33)/t9-,10-,11-,12-,13?,14?/m0/s1. The van der Waals surface area contributed by atoms with Crippen LogP contribution in [0.5, 0.6) is 0 Å². The normalized spacial score (nSPS) is 27.0. The first-order valence-electron chi connectivity index (χ1n) is 11.4. The zero-order valence-corrected chi connectivity index (χ0v) is 20.6. The molecule has 2 aliphatic heterocycles. The van der Waals surface area contributed by atoms with Crippen molar-refractivity contribution in [3.8, 4) is 0 Å². The van der Waals surface area contributed by atoms with Crippen molar-refractivity contribution in [3.05, 3.63) is 0 Å². The monoisotopic (exact) mass is 541 g/mol. The van der Waals surface area contributed by atoms with E-state index in [-0.39, 0.29) is 30.8 Å². The molecule has 6 atom stereocenters. The number of rotatable bonds is 6. The second-order valence-electron chi connectivity index (χ2n) is 10.4. The van der Waals surface area contributed by atoms with Gasteiger partial charge in [-0.05, 0) is 30.1 Å². The Balaban J connectivity index is 1.80. The van der Waals surface area contributed by atoms with Gasteiger partial charge in [0.1, 0.15) is 12.1 Å². The Morgan fingerprint density at radius 1 is 1.22 bits per heavy atom. The van der Waals surface area contributed by atoms with Gasteiger partial charge in [-0.2, -0.15) is 13.2 Å². The van der Waals surface area contributed by atoms with E-state index in [4.69, 9.17) is 11.6 Å². The molecule has 1 saturated carbocycles. The van der Waals surface area contributed by atoms with Gasteiger partial charge < -0.3 is 15.5 Å². The molecular weight excluding hydrogens is 514 g/mol. The highest BCUT2D eigenvalue weighted by atomic mass is 35.5. The number of amides is 5. The molecule has 3 aliphatic rings. The molecule has 5 amide bonds. The predicted molar refractivity (Wildman–Crippen MR) is 116 cm³/mol. The number of carbonyl (C=O) groups excluding carboxylic acids is 5. The molecule has 3 N–H and O–H groups in total. The average molecular weight is 542 g/mol. The van der Waals surface area contributed by atoms with E-state index in [0.717, 1.165) is 4.90 Å². The molecule has 10 nitrogen and oxygen atoms in total. The average Bonchev–Trinajstić information content (AvgIpc) is 3.22. The second-order valence-corrected chi connectivity index (χ2v) is 10.8. The van der Waals surface area contributed by atoms with Gasteiger partial charge in [0.2, 0.25) is 11.8 Å². The molecule has 0 bridgehead atoms. The van der Waals surface area contributed by atoms with E-state index in [9.17, 15) is 41.5 Å². The first-order valence-corrected chi connectivity index (χ1v) is 11.8. The van der Waals surface area contributed by atoms with Crippen LogP contribution >= 0.6 is 11.6 Å². The number of nitrogens with zero attached hydrogens (tertiary/aromatic N) is 2. The van der Waals surface area contributed by atoms with E-state index in [0.29, 0.717) is 24.4 Å². The van der Waals surface area contributed by atoms with Gasteiger partial charge in [-0.3, -0.25) is 29.4 Å². The highest BCUT2D eigenvalue weighted by Crippen LogP contribution is 2.50. The number of hydrogen-bond acceptors (Lipinski definition) is 5. The minimum Gasteiger partial charge on any atom is -0.356 e. The lowest BCUT2D eigenvalue weighted by Crippen LogP contribution is -2.61. The van der Waals surface area contributed by atoms with Crippen LogP contribution in [0.25, 0.3) is 0 Å². The van der Waals surface area contributed by atoms with Crippen LogP contribution in [-0.4, -0.2) is 83.0 Å². The Kier molecular flexibility index (Phi) is 7.78. The molecule has 36 heavy (non-hydrogen) atoms. The summed E-state index contributed by atoms with van der Waals surface area (Å²) in [5.41, 5.74) is -1.39. The van der Waals surface area contributed by atoms with Gasteiger partial charge in [0.25, 0.3) is 17.4 Å². The number of alkyl halides is 5. The minimum atomic E-state index is -5.22. The quantitative estimate of drug-likeness (QED) is 0.256. The Bertz CT molecular complexity index is 941. The largest absolute Gasteiger partial charge is 0.471 e. The maximum Gasteiger partial charge on any atom is 0.471 e. The lowest BCUT2D eigenvalue weighted by molar-refractivity contribution is -0.176. The van der Waals surface area contributed by atoms with Crippen LogP contribution in [0.1, 0.15) is 33.6 Å². The third-order valence-corrected chi connectivity index (χ3v) is 6.80. The zero-order valence-electron chi connectivity index (χ0n) is 19.8. The molecule has 3 rings (SSSR count). The number of likely N-dealkylation sites (tertiary alicyclic amines) is 1. The topological polar surface area (TPSA) is 128 Å². The number of carbonyl (C=O) groups is 5. The second kappa shape index (κ2) is 10.0. The van der Waals surface area contributed by atoms with E-state index >= 15 is 0 Å². The van der Waals surface area contributed by atoms with Gasteiger partial charge >= 0.3 is 12.1 Å². The van der Waals surface area contributed by atoms with E-state index < -0.39 is 58.9 Å². The van der Waals surface area contributed by atoms with Crippen molar-refractivity contribution in [2.75, 3.05) is 19.6 Å². The van der Waals surface area contributed by atoms with E-state index in [2.05, 4.69) is 10.7 Å². The lowest BCUT2D eigenvalue weighted by Gasteiger charge is -2.37. The van der Waals surface area contributed by atoms with Crippen molar-refractivity contribution in [2.45, 2.75) is 57.5 Å². The highest BCUT2D eigenvalue weighted by molar-refractivity contribution is 6.29. The van der Waals surface area contributed by atoms with Crippen molar-refractivity contribution in [3.63, 3.8) is 0 Å². The maximum atomic E-state index is 13.6. The van der Waals surface area contributed by atoms with Crippen molar-refractivity contribution >= 4 is 41.1 Å². The molecule has 0 radical (unpaired) electrons. The summed E-state index contributed by atoms with van der Waals surface area (Å²) < 4.78 is 52.3. The van der Waals surface area contributed by atoms with Crippen molar-refractivity contribution in [2.24, 2.45) is 23.2 Å².